The molecule has 4 N–H and O–H groups in total. The molecule has 1 aliphatic rings. The van der Waals surface area contributed by atoms with Crippen molar-refractivity contribution in [3.05, 3.63) is 29.3 Å². The number of nitrogens with two attached hydrogens (primary N) is 1. The van der Waals surface area contributed by atoms with E-state index in [0.29, 0.717) is 5.56 Å². The quantitative estimate of drug-likeness (QED) is 0.716. The van der Waals surface area contributed by atoms with Gasteiger partial charge in [-0.2, -0.15) is 0 Å². The lowest BCUT2D eigenvalue weighted by atomic mass is 9.90. The van der Waals surface area contributed by atoms with Crippen LogP contribution in [-0.2, 0) is 4.79 Å². The number of rotatable bonds is 2. The van der Waals surface area contributed by atoms with Crippen molar-refractivity contribution in [1.29, 1.82) is 0 Å². The molecule has 108 valence electrons. The minimum atomic E-state index is -1.54. The predicted molar refractivity (Wildman–Crippen MR) is 72.1 cm³/mol. The summed E-state index contributed by atoms with van der Waals surface area (Å²) in [4.78, 5) is 25.1. The summed E-state index contributed by atoms with van der Waals surface area (Å²) in [6.07, 6.45) is 0.224. The predicted octanol–water partition coefficient (Wildman–Crippen LogP) is 0.153. The van der Waals surface area contributed by atoms with Crippen LogP contribution < -0.4 is 5.73 Å². The molecule has 0 bridgehead atoms. The Bertz CT molecular complexity index is 528. The number of benzene rings is 1. The van der Waals surface area contributed by atoms with E-state index in [2.05, 4.69) is 0 Å². The highest BCUT2D eigenvalue weighted by Crippen LogP contribution is 2.27. The monoisotopic (exact) mass is 278 g/mol. The number of primary amides is 1. The van der Waals surface area contributed by atoms with Gasteiger partial charge in [0, 0.05) is 25.9 Å². The normalized spacial score (nSPS) is 17.8. The molecule has 1 aromatic carbocycles. The van der Waals surface area contributed by atoms with Gasteiger partial charge in [-0.15, -0.1) is 0 Å². The highest BCUT2D eigenvalue weighted by molar-refractivity contribution is 5.98. The maximum atomic E-state index is 12.4. The first-order chi connectivity index (χ1) is 9.35. The number of phenols is 1. The number of hydrogen-bond donors (Lipinski definition) is 3. The van der Waals surface area contributed by atoms with Crippen LogP contribution in [0.1, 0.15) is 28.8 Å². The summed E-state index contributed by atoms with van der Waals surface area (Å²) in [5.41, 5.74) is 4.56. The Labute approximate surface area is 116 Å². The highest BCUT2D eigenvalue weighted by Gasteiger charge is 2.39. The smallest absolute Gasteiger partial charge is 0.257 e. The Morgan fingerprint density at radius 3 is 2.40 bits per heavy atom. The van der Waals surface area contributed by atoms with E-state index in [-0.39, 0.29) is 43.2 Å². The number of amides is 2. The van der Waals surface area contributed by atoms with Gasteiger partial charge in [-0.25, -0.2) is 0 Å². The summed E-state index contributed by atoms with van der Waals surface area (Å²) >= 11 is 0. The highest BCUT2D eigenvalue weighted by atomic mass is 16.3. The molecule has 6 nitrogen and oxygen atoms in total. The average molecular weight is 278 g/mol. The minimum Gasteiger partial charge on any atom is -0.507 e. The van der Waals surface area contributed by atoms with Crippen molar-refractivity contribution in [2.75, 3.05) is 13.1 Å². The maximum absolute atomic E-state index is 12.4. The fourth-order valence-electron chi connectivity index (χ4n) is 2.41. The first-order valence-electron chi connectivity index (χ1n) is 6.45. The van der Waals surface area contributed by atoms with E-state index >= 15 is 0 Å². The number of hydrogen-bond acceptors (Lipinski definition) is 4. The van der Waals surface area contributed by atoms with Gasteiger partial charge < -0.3 is 20.8 Å². The number of piperidine rings is 1. The molecule has 1 saturated heterocycles. The molecule has 1 aliphatic heterocycles. The van der Waals surface area contributed by atoms with Gasteiger partial charge >= 0.3 is 0 Å². The molecule has 2 amide bonds. The molecule has 0 aliphatic carbocycles. The Morgan fingerprint density at radius 2 is 1.90 bits per heavy atom. The Morgan fingerprint density at radius 1 is 1.30 bits per heavy atom. The van der Waals surface area contributed by atoms with Crippen LogP contribution >= 0.6 is 0 Å². The molecule has 1 heterocycles. The van der Waals surface area contributed by atoms with E-state index in [1.165, 1.54) is 11.0 Å². The third-order valence-corrected chi connectivity index (χ3v) is 3.80. The molecular weight excluding hydrogens is 260 g/mol. The summed E-state index contributed by atoms with van der Waals surface area (Å²) in [5.74, 6) is -1.12. The van der Waals surface area contributed by atoms with Gasteiger partial charge in [-0.1, -0.05) is 12.1 Å². The van der Waals surface area contributed by atoms with Crippen molar-refractivity contribution >= 4 is 11.8 Å². The lowest BCUT2D eigenvalue weighted by Crippen LogP contribution is -2.53. The Kier molecular flexibility index (Phi) is 3.67. The summed E-state index contributed by atoms with van der Waals surface area (Å²) in [7, 11) is 0. The number of carbonyl (C=O) groups is 2. The van der Waals surface area contributed by atoms with E-state index in [0.717, 1.165) is 0 Å². The van der Waals surface area contributed by atoms with Crippen LogP contribution in [0, 0.1) is 6.92 Å². The van der Waals surface area contributed by atoms with Crippen molar-refractivity contribution in [3.8, 4) is 5.75 Å². The molecular formula is C14H18N2O4. The molecule has 1 fully saturated rings. The van der Waals surface area contributed by atoms with Gasteiger partial charge in [0.2, 0.25) is 5.91 Å². The summed E-state index contributed by atoms with van der Waals surface area (Å²) < 4.78 is 0. The number of likely N-dealkylation sites (tertiary alicyclic amines) is 1. The van der Waals surface area contributed by atoms with Crippen LogP contribution in [0.4, 0.5) is 0 Å². The SMILES string of the molecule is Cc1cccc(O)c1C(=O)N1CCC(O)(C(N)=O)CC1. The topological polar surface area (TPSA) is 104 Å². The molecule has 0 aromatic heterocycles. The lowest BCUT2D eigenvalue weighted by molar-refractivity contribution is -0.140. The number of aryl methyl sites for hydroxylation is 1. The van der Waals surface area contributed by atoms with Crippen molar-refractivity contribution in [3.63, 3.8) is 0 Å². The molecule has 0 radical (unpaired) electrons. The van der Waals surface area contributed by atoms with Gasteiger partial charge in [0.1, 0.15) is 11.4 Å². The molecule has 0 atom stereocenters. The standard InChI is InChI=1S/C14H18N2O4/c1-9-3-2-4-10(17)11(9)12(18)16-7-5-14(20,6-8-16)13(15)19/h2-4,17,20H,5-8H2,1H3,(H2,15,19). The fourth-order valence-corrected chi connectivity index (χ4v) is 2.41. The molecule has 0 unspecified atom stereocenters. The zero-order valence-electron chi connectivity index (χ0n) is 11.3. The molecule has 1 aromatic rings. The third-order valence-electron chi connectivity index (χ3n) is 3.80. The molecule has 20 heavy (non-hydrogen) atoms. The van der Waals surface area contributed by atoms with Crippen LogP contribution in [0.5, 0.6) is 5.75 Å². The molecule has 0 saturated carbocycles. The maximum Gasteiger partial charge on any atom is 0.257 e. The van der Waals surface area contributed by atoms with Crippen LogP contribution in [0.3, 0.4) is 0 Å². The van der Waals surface area contributed by atoms with Crippen LogP contribution in [0.2, 0.25) is 0 Å². The van der Waals surface area contributed by atoms with Gasteiger partial charge in [-0.3, -0.25) is 9.59 Å². The van der Waals surface area contributed by atoms with Gasteiger partial charge in [0.05, 0.1) is 5.56 Å². The summed E-state index contributed by atoms with van der Waals surface area (Å²) in [5, 5.41) is 19.8. The van der Waals surface area contributed by atoms with Crippen molar-refractivity contribution < 1.29 is 19.8 Å². The Hall–Kier alpha value is -2.08. The van der Waals surface area contributed by atoms with Crippen LogP contribution in [0.15, 0.2) is 18.2 Å². The van der Waals surface area contributed by atoms with Gasteiger partial charge in [0.25, 0.3) is 5.91 Å². The van der Waals surface area contributed by atoms with E-state index < -0.39 is 11.5 Å². The van der Waals surface area contributed by atoms with Gasteiger partial charge in [0.15, 0.2) is 0 Å². The third kappa shape index (κ3) is 2.46. The van der Waals surface area contributed by atoms with E-state index in [9.17, 15) is 19.8 Å². The number of carbonyl (C=O) groups excluding carboxylic acids is 2. The molecule has 0 spiro atoms. The van der Waals surface area contributed by atoms with E-state index in [1.54, 1.807) is 19.1 Å². The second-order valence-electron chi connectivity index (χ2n) is 5.16. The van der Waals surface area contributed by atoms with E-state index in [1.807, 2.05) is 0 Å². The average Bonchev–Trinajstić information content (AvgIpc) is 2.39. The zero-order valence-corrected chi connectivity index (χ0v) is 11.3. The van der Waals surface area contributed by atoms with Crippen molar-refractivity contribution in [1.82, 2.24) is 4.90 Å². The van der Waals surface area contributed by atoms with E-state index in [4.69, 9.17) is 5.73 Å². The second kappa shape index (κ2) is 5.13. The number of phenolic OH excluding ortho intramolecular Hbond substituents is 1. The van der Waals surface area contributed by atoms with Crippen LogP contribution in [-0.4, -0.2) is 45.6 Å². The van der Waals surface area contributed by atoms with Crippen LogP contribution in [0.25, 0.3) is 0 Å². The molecule has 2 rings (SSSR count). The summed E-state index contributed by atoms with van der Waals surface area (Å²) in [6, 6.07) is 4.88. The lowest BCUT2D eigenvalue weighted by Gasteiger charge is -2.36. The van der Waals surface area contributed by atoms with Crippen molar-refractivity contribution in [2.45, 2.75) is 25.4 Å². The zero-order chi connectivity index (χ0) is 14.9. The number of aliphatic hydroxyl groups is 1. The molecule has 6 heteroatoms. The first kappa shape index (κ1) is 14.3. The first-order valence-corrected chi connectivity index (χ1v) is 6.45. The largest absolute Gasteiger partial charge is 0.507 e. The Balaban J connectivity index is 2.15. The second-order valence-corrected chi connectivity index (χ2v) is 5.16. The van der Waals surface area contributed by atoms with Gasteiger partial charge in [-0.05, 0) is 18.6 Å². The van der Waals surface area contributed by atoms with Crippen molar-refractivity contribution in [2.24, 2.45) is 5.73 Å². The summed E-state index contributed by atoms with van der Waals surface area (Å²) in [6.45, 7) is 2.20. The number of aromatic hydroxyl groups is 1. The fraction of sp³-hybridized carbons (Fsp3) is 0.429. The number of nitrogens with zero attached hydrogens (tertiary/aromatic N) is 1. The minimum absolute atomic E-state index is 0.0641.